The Morgan fingerprint density at radius 3 is 2.34 bits per heavy atom. The van der Waals surface area contributed by atoms with Crippen molar-refractivity contribution in [1.29, 1.82) is 0 Å². The first-order chi connectivity index (χ1) is 13.9. The highest BCUT2D eigenvalue weighted by Crippen LogP contribution is 2.25. The fraction of sp³-hybridized carbons (Fsp3) is 0.500. The van der Waals surface area contributed by atoms with Crippen LogP contribution in [-0.4, -0.2) is 61.7 Å². The molecule has 4 rings (SSSR count). The highest BCUT2D eigenvalue weighted by molar-refractivity contribution is 7.89. The predicted octanol–water partition coefficient (Wildman–Crippen LogP) is 3.02. The molecule has 156 valence electrons. The number of aromatic nitrogens is 2. The van der Waals surface area contributed by atoms with Crippen molar-refractivity contribution in [3.63, 3.8) is 0 Å². The molecule has 1 aromatic heterocycles. The Morgan fingerprint density at radius 2 is 1.69 bits per heavy atom. The van der Waals surface area contributed by atoms with E-state index in [2.05, 4.69) is 26.9 Å². The summed E-state index contributed by atoms with van der Waals surface area (Å²) in [6.45, 7) is 5.22. The third-order valence-corrected chi connectivity index (χ3v) is 7.86. The molecule has 1 aromatic carbocycles. The number of rotatable bonds is 4. The third-order valence-electron chi connectivity index (χ3n) is 5.73. The molecule has 2 saturated heterocycles. The van der Waals surface area contributed by atoms with E-state index in [0.717, 1.165) is 18.2 Å². The molecular formula is C20H26ClN5O2S. The minimum absolute atomic E-state index is 0.234. The maximum Gasteiger partial charge on any atom is 0.243 e. The fourth-order valence-electron chi connectivity index (χ4n) is 4.01. The topological polar surface area (TPSA) is 69.6 Å². The summed E-state index contributed by atoms with van der Waals surface area (Å²) in [6, 6.07) is 10.9. The normalized spacial score (nSPS) is 21.4. The van der Waals surface area contributed by atoms with Gasteiger partial charge in [-0.15, -0.1) is 10.2 Å². The Labute approximate surface area is 177 Å². The molecule has 7 nitrogen and oxygen atoms in total. The molecule has 2 fully saturated rings. The van der Waals surface area contributed by atoms with E-state index in [1.54, 1.807) is 18.2 Å². The summed E-state index contributed by atoms with van der Waals surface area (Å²) >= 11 is 5.96. The largest absolute Gasteiger partial charge is 0.352 e. The van der Waals surface area contributed by atoms with Crippen LogP contribution in [0, 0.1) is 0 Å². The molecule has 0 radical (unpaired) electrons. The van der Waals surface area contributed by atoms with Gasteiger partial charge in [-0.25, -0.2) is 8.42 Å². The molecule has 2 aliphatic rings. The number of sulfonamides is 1. The molecule has 0 N–H and O–H groups in total. The number of halogens is 1. The molecule has 0 amide bonds. The number of anilines is 2. The smallest absolute Gasteiger partial charge is 0.243 e. The van der Waals surface area contributed by atoms with Gasteiger partial charge in [0.25, 0.3) is 0 Å². The third kappa shape index (κ3) is 4.34. The molecule has 2 aromatic rings. The zero-order valence-electron chi connectivity index (χ0n) is 16.5. The summed E-state index contributed by atoms with van der Waals surface area (Å²) in [5, 5.41) is 9.28. The molecule has 2 aliphatic heterocycles. The summed E-state index contributed by atoms with van der Waals surface area (Å²) < 4.78 is 27.2. The second-order valence-corrected chi connectivity index (χ2v) is 10.0. The number of hydrogen-bond acceptors (Lipinski definition) is 6. The van der Waals surface area contributed by atoms with Gasteiger partial charge in [-0.2, -0.15) is 4.31 Å². The van der Waals surface area contributed by atoms with Crippen molar-refractivity contribution in [3.8, 4) is 0 Å². The van der Waals surface area contributed by atoms with E-state index in [0.29, 0.717) is 37.2 Å². The lowest BCUT2D eigenvalue weighted by Crippen LogP contribution is -2.49. The Kier molecular flexibility index (Phi) is 5.94. The summed E-state index contributed by atoms with van der Waals surface area (Å²) in [4.78, 5) is 4.63. The van der Waals surface area contributed by atoms with Crippen LogP contribution >= 0.6 is 11.6 Å². The second kappa shape index (κ2) is 8.45. The van der Waals surface area contributed by atoms with Crippen LogP contribution in [0.3, 0.4) is 0 Å². The van der Waals surface area contributed by atoms with Crippen LogP contribution in [0.4, 0.5) is 11.6 Å². The zero-order chi connectivity index (χ0) is 20.4. The molecule has 0 bridgehead atoms. The average Bonchev–Trinajstić information content (AvgIpc) is 2.74. The Balaban J connectivity index is 1.40. The van der Waals surface area contributed by atoms with Gasteiger partial charge in [0.1, 0.15) is 0 Å². The standard InChI is InChI=1S/C20H26ClN5O2S/c1-16-5-2-3-10-26(16)20-9-8-19(22-23-20)24-11-13-25(14-12-24)29(27,28)18-7-4-6-17(21)15-18/h4,6-9,15-16H,2-3,5,10-14H2,1H3. The van der Waals surface area contributed by atoms with Crippen molar-refractivity contribution in [2.75, 3.05) is 42.5 Å². The molecule has 0 saturated carbocycles. The molecular weight excluding hydrogens is 410 g/mol. The van der Waals surface area contributed by atoms with Crippen LogP contribution in [0.2, 0.25) is 5.02 Å². The number of hydrogen-bond donors (Lipinski definition) is 0. The van der Waals surface area contributed by atoms with Crippen LogP contribution < -0.4 is 9.80 Å². The second-order valence-electron chi connectivity index (χ2n) is 7.64. The van der Waals surface area contributed by atoms with E-state index in [1.807, 2.05) is 12.1 Å². The molecule has 9 heteroatoms. The number of piperazine rings is 1. The fourth-order valence-corrected chi connectivity index (χ4v) is 5.74. The molecule has 0 spiro atoms. The van der Waals surface area contributed by atoms with E-state index in [4.69, 9.17) is 11.6 Å². The summed E-state index contributed by atoms with van der Waals surface area (Å²) in [6.07, 6.45) is 3.65. The van der Waals surface area contributed by atoms with Crippen LogP contribution in [0.15, 0.2) is 41.3 Å². The summed E-state index contributed by atoms with van der Waals surface area (Å²) in [5.74, 6) is 1.71. The van der Waals surface area contributed by atoms with Gasteiger partial charge in [0.15, 0.2) is 11.6 Å². The van der Waals surface area contributed by atoms with Gasteiger partial charge in [0.05, 0.1) is 4.90 Å². The lowest BCUT2D eigenvalue weighted by Gasteiger charge is -2.35. The molecule has 1 unspecified atom stereocenters. The Hall–Kier alpha value is -1.90. The molecule has 0 aliphatic carbocycles. The van der Waals surface area contributed by atoms with Gasteiger partial charge in [0.2, 0.25) is 10.0 Å². The Morgan fingerprint density at radius 1 is 0.966 bits per heavy atom. The number of piperidine rings is 1. The van der Waals surface area contributed by atoms with Crippen LogP contribution in [-0.2, 0) is 10.0 Å². The molecule has 1 atom stereocenters. The summed E-state index contributed by atoms with van der Waals surface area (Å²) in [5.41, 5.74) is 0. The van der Waals surface area contributed by atoms with Crippen molar-refractivity contribution in [3.05, 3.63) is 41.4 Å². The van der Waals surface area contributed by atoms with Crippen molar-refractivity contribution in [2.45, 2.75) is 37.1 Å². The van der Waals surface area contributed by atoms with Gasteiger partial charge in [-0.1, -0.05) is 17.7 Å². The average molecular weight is 436 g/mol. The SMILES string of the molecule is CC1CCCCN1c1ccc(N2CCN(S(=O)(=O)c3cccc(Cl)c3)CC2)nn1. The first-order valence-electron chi connectivity index (χ1n) is 10.1. The first kappa shape index (κ1) is 20.4. The van der Waals surface area contributed by atoms with Crippen molar-refractivity contribution >= 4 is 33.3 Å². The lowest BCUT2D eigenvalue weighted by molar-refractivity contribution is 0.383. The van der Waals surface area contributed by atoms with Crippen LogP contribution in [0.1, 0.15) is 26.2 Å². The van der Waals surface area contributed by atoms with E-state index >= 15 is 0 Å². The minimum atomic E-state index is -3.54. The van der Waals surface area contributed by atoms with E-state index in [-0.39, 0.29) is 4.90 Å². The maximum atomic E-state index is 12.8. The highest BCUT2D eigenvalue weighted by atomic mass is 35.5. The van der Waals surface area contributed by atoms with E-state index in [9.17, 15) is 8.42 Å². The van der Waals surface area contributed by atoms with Crippen LogP contribution in [0.5, 0.6) is 0 Å². The van der Waals surface area contributed by atoms with Gasteiger partial charge in [0, 0.05) is 43.8 Å². The van der Waals surface area contributed by atoms with Crippen LogP contribution in [0.25, 0.3) is 0 Å². The molecule has 29 heavy (non-hydrogen) atoms. The predicted molar refractivity (Wildman–Crippen MR) is 115 cm³/mol. The van der Waals surface area contributed by atoms with Crippen molar-refractivity contribution in [1.82, 2.24) is 14.5 Å². The van der Waals surface area contributed by atoms with E-state index in [1.165, 1.54) is 29.6 Å². The van der Waals surface area contributed by atoms with Gasteiger partial charge in [-0.05, 0) is 56.5 Å². The number of benzene rings is 1. The van der Waals surface area contributed by atoms with Gasteiger partial charge < -0.3 is 9.80 Å². The van der Waals surface area contributed by atoms with E-state index < -0.39 is 10.0 Å². The first-order valence-corrected chi connectivity index (χ1v) is 11.9. The highest BCUT2D eigenvalue weighted by Gasteiger charge is 2.29. The van der Waals surface area contributed by atoms with Crippen molar-refractivity contribution < 1.29 is 8.42 Å². The lowest BCUT2D eigenvalue weighted by atomic mass is 10.0. The Bertz CT molecular complexity index is 946. The summed E-state index contributed by atoms with van der Waals surface area (Å²) in [7, 11) is -3.54. The number of nitrogens with zero attached hydrogens (tertiary/aromatic N) is 5. The minimum Gasteiger partial charge on any atom is -0.352 e. The quantitative estimate of drug-likeness (QED) is 0.735. The maximum absolute atomic E-state index is 12.8. The zero-order valence-corrected chi connectivity index (χ0v) is 18.1. The monoisotopic (exact) mass is 435 g/mol. The van der Waals surface area contributed by atoms with Crippen molar-refractivity contribution in [2.24, 2.45) is 0 Å². The van der Waals surface area contributed by atoms with Gasteiger partial charge >= 0.3 is 0 Å². The van der Waals surface area contributed by atoms with Gasteiger partial charge in [-0.3, -0.25) is 0 Å². The molecule has 3 heterocycles.